The van der Waals surface area contributed by atoms with Crippen LogP contribution in [0, 0.1) is 0 Å². The zero-order valence-corrected chi connectivity index (χ0v) is 34.5. The molecule has 0 aliphatic carbocycles. The Bertz CT molecular complexity index is 834. The van der Waals surface area contributed by atoms with Crippen molar-refractivity contribution in [1.29, 1.82) is 0 Å². The van der Waals surface area contributed by atoms with Gasteiger partial charge in [-0.25, -0.2) is 4.57 Å². The third kappa shape index (κ3) is 35.6. The number of amides is 1. The molecule has 50 heavy (non-hydrogen) atoms. The molecule has 0 aromatic heterocycles. The molecule has 298 valence electrons. The van der Waals surface area contributed by atoms with Gasteiger partial charge in [0.1, 0.15) is 13.2 Å². The second kappa shape index (κ2) is 34.0. The van der Waals surface area contributed by atoms with Gasteiger partial charge in [-0.2, -0.15) is 0 Å². The summed E-state index contributed by atoms with van der Waals surface area (Å²) in [6.45, 7) is 4.81. The molecule has 0 radical (unpaired) electrons. The molecule has 3 atom stereocenters. The van der Waals surface area contributed by atoms with E-state index in [0.29, 0.717) is 17.4 Å². The first kappa shape index (κ1) is 49.2. The summed E-state index contributed by atoms with van der Waals surface area (Å²) in [6, 6.07) is -0.838. The van der Waals surface area contributed by atoms with Gasteiger partial charge in [-0.05, 0) is 19.3 Å². The molecule has 0 aliphatic rings. The van der Waals surface area contributed by atoms with Crippen molar-refractivity contribution in [3.8, 4) is 0 Å². The molecular weight excluding hydrogens is 647 g/mol. The quantitative estimate of drug-likeness (QED) is 0.0253. The predicted molar refractivity (Wildman–Crippen MR) is 212 cm³/mol. The van der Waals surface area contributed by atoms with E-state index in [1.165, 1.54) is 135 Å². The van der Waals surface area contributed by atoms with Crippen LogP contribution < -0.4 is 5.32 Å². The van der Waals surface area contributed by atoms with Crippen LogP contribution in [0.15, 0.2) is 12.2 Å². The standard InChI is InChI=1S/C41H83N2O6P/c1-6-8-10-12-14-16-18-20-21-22-23-25-27-29-31-33-35-41(45)42-39(38-49-50(46,47)48-37-36-43(3,4)5)40(44)34-32-30-28-26-24-19-17-15-13-11-9-7-2/h32,34,39-40,44H,6-31,33,35-38H2,1-5H3,(H-,42,45,46,47)/p+1/b34-32+. The van der Waals surface area contributed by atoms with Gasteiger partial charge in [0, 0.05) is 6.42 Å². The first-order valence-electron chi connectivity index (χ1n) is 21.1. The van der Waals surface area contributed by atoms with E-state index in [1.807, 2.05) is 27.2 Å². The number of nitrogens with one attached hydrogen (secondary N) is 1. The molecule has 0 bridgehead atoms. The fourth-order valence-electron chi connectivity index (χ4n) is 6.10. The number of nitrogens with zero attached hydrogens (tertiary/aromatic N) is 1. The molecule has 0 aliphatic heterocycles. The van der Waals surface area contributed by atoms with E-state index in [0.717, 1.165) is 38.5 Å². The van der Waals surface area contributed by atoms with Crippen LogP contribution in [0.2, 0.25) is 0 Å². The monoisotopic (exact) mass is 732 g/mol. The summed E-state index contributed by atoms with van der Waals surface area (Å²) in [5, 5.41) is 13.8. The van der Waals surface area contributed by atoms with E-state index >= 15 is 0 Å². The molecule has 0 heterocycles. The number of allylic oxidation sites excluding steroid dienone is 1. The Morgan fingerprint density at radius 2 is 1.06 bits per heavy atom. The summed E-state index contributed by atoms with van der Waals surface area (Å²) in [4.78, 5) is 23.0. The fourth-order valence-corrected chi connectivity index (χ4v) is 6.84. The van der Waals surface area contributed by atoms with Gasteiger partial charge in [0.2, 0.25) is 5.91 Å². The summed E-state index contributed by atoms with van der Waals surface area (Å²) in [5.41, 5.74) is 0. The maximum Gasteiger partial charge on any atom is 0.472 e. The summed E-state index contributed by atoms with van der Waals surface area (Å²) < 4.78 is 23.5. The van der Waals surface area contributed by atoms with Crippen LogP contribution in [0.3, 0.4) is 0 Å². The van der Waals surface area contributed by atoms with Crippen LogP contribution in [0.1, 0.15) is 194 Å². The fraction of sp³-hybridized carbons (Fsp3) is 0.927. The minimum absolute atomic E-state index is 0.0644. The largest absolute Gasteiger partial charge is 0.472 e. The minimum Gasteiger partial charge on any atom is -0.387 e. The van der Waals surface area contributed by atoms with E-state index < -0.39 is 20.0 Å². The third-order valence-electron chi connectivity index (χ3n) is 9.51. The molecule has 0 rings (SSSR count). The molecule has 0 aromatic rings. The number of unbranched alkanes of at least 4 members (excludes halogenated alkanes) is 25. The van der Waals surface area contributed by atoms with Gasteiger partial charge in [-0.15, -0.1) is 0 Å². The molecule has 9 heteroatoms. The number of carbonyl (C=O) groups excluding carboxylic acids is 1. The number of hydrogen-bond donors (Lipinski definition) is 3. The van der Waals surface area contributed by atoms with Crippen LogP contribution >= 0.6 is 7.82 Å². The van der Waals surface area contributed by atoms with E-state index in [4.69, 9.17) is 9.05 Å². The SMILES string of the molecule is CCCCCCCCCCCC/C=C/C(O)C(COP(=O)(O)OCC[N+](C)(C)C)NC(=O)CCCCCCCCCCCCCCCCCC. The topological polar surface area (TPSA) is 105 Å². The number of likely N-dealkylation sites (N-methyl/N-ethyl adjacent to an activating group) is 1. The smallest absolute Gasteiger partial charge is 0.387 e. The Kier molecular flexibility index (Phi) is 33.5. The van der Waals surface area contributed by atoms with Gasteiger partial charge in [-0.1, -0.05) is 180 Å². The van der Waals surface area contributed by atoms with E-state index in [2.05, 4.69) is 19.2 Å². The zero-order valence-electron chi connectivity index (χ0n) is 33.7. The lowest BCUT2D eigenvalue weighted by molar-refractivity contribution is -0.870. The molecular formula is C41H84N2O6P+. The lowest BCUT2D eigenvalue weighted by atomic mass is 10.0. The number of phosphoric ester groups is 1. The summed E-state index contributed by atoms with van der Waals surface area (Å²) in [5.74, 6) is -0.176. The van der Waals surface area contributed by atoms with E-state index in [1.54, 1.807) is 6.08 Å². The van der Waals surface area contributed by atoms with E-state index in [-0.39, 0.29) is 19.1 Å². The molecule has 1 amide bonds. The van der Waals surface area contributed by atoms with Crippen LogP contribution in [-0.4, -0.2) is 73.4 Å². The van der Waals surface area contributed by atoms with Crippen LogP contribution in [0.4, 0.5) is 0 Å². The second-order valence-electron chi connectivity index (χ2n) is 15.7. The van der Waals surface area contributed by atoms with Crippen LogP contribution in [-0.2, 0) is 18.4 Å². The normalized spacial score (nSPS) is 14.6. The maximum atomic E-state index is 12.8. The van der Waals surface area contributed by atoms with Crippen molar-refractivity contribution in [1.82, 2.24) is 5.32 Å². The van der Waals surface area contributed by atoms with Gasteiger partial charge < -0.3 is 19.8 Å². The van der Waals surface area contributed by atoms with Gasteiger partial charge in [0.15, 0.2) is 0 Å². The van der Waals surface area contributed by atoms with Gasteiger partial charge in [0.25, 0.3) is 0 Å². The van der Waals surface area contributed by atoms with Crippen molar-refractivity contribution in [3.05, 3.63) is 12.2 Å². The second-order valence-corrected chi connectivity index (χ2v) is 17.2. The number of aliphatic hydroxyl groups is 1. The van der Waals surface area contributed by atoms with Crippen LogP contribution in [0.5, 0.6) is 0 Å². The van der Waals surface area contributed by atoms with E-state index in [9.17, 15) is 19.4 Å². The van der Waals surface area contributed by atoms with Crippen molar-refractivity contribution >= 4 is 13.7 Å². The highest BCUT2D eigenvalue weighted by Crippen LogP contribution is 2.43. The Morgan fingerprint density at radius 1 is 0.660 bits per heavy atom. The highest BCUT2D eigenvalue weighted by Gasteiger charge is 2.27. The molecule has 0 saturated carbocycles. The lowest BCUT2D eigenvalue weighted by Crippen LogP contribution is -2.45. The number of carbonyl (C=O) groups is 1. The molecule has 8 nitrogen and oxygen atoms in total. The average Bonchev–Trinajstić information content (AvgIpc) is 3.06. The summed E-state index contributed by atoms with van der Waals surface area (Å²) in [7, 11) is 1.58. The Morgan fingerprint density at radius 3 is 1.48 bits per heavy atom. The lowest BCUT2D eigenvalue weighted by Gasteiger charge is -2.25. The Balaban J connectivity index is 4.42. The summed E-state index contributed by atoms with van der Waals surface area (Å²) in [6.07, 6.45) is 37.0. The molecule has 3 N–H and O–H groups in total. The summed E-state index contributed by atoms with van der Waals surface area (Å²) >= 11 is 0. The van der Waals surface area contributed by atoms with Crippen molar-refractivity contribution in [3.63, 3.8) is 0 Å². The van der Waals surface area contributed by atoms with Gasteiger partial charge >= 0.3 is 7.82 Å². The third-order valence-corrected chi connectivity index (χ3v) is 10.5. The number of quaternary nitrogens is 1. The van der Waals surface area contributed by atoms with Crippen LogP contribution in [0.25, 0.3) is 0 Å². The molecule has 0 fully saturated rings. The highest BCUT2D eigenvalue weighted by atomic mass is 31.2. The van der Waals surface area contributed by atoms with Gasteiger partial charge in [-0.3, -0.25) is 13.8 Å². The average molecular weight is 732 g/mol. The van der Waals surface area contributed by atoms with Crippen molar-refractivity contribution in [2.45, 2.75) is 206 Å². The zero-order chi connectivity index (χ0) is 37.2. The highest BCUT2D eigenvalue weighted by molar-refractivity contribution is 7.47. The van der Waals surface area contributed by atoms with Gasteiger partial charge in [0.05, 0.1) is 39.9 Å². The number of phosphoric acid groups is 1. The first-order valence-corrected chi connectivity index (χ1v) is 22.6. The van der Waals surface area contributed by atoms with Crippen molar-refractivity contribution in [2.75, 3.05) is 40.9 Å². The van der Waals surface area contributed by atoms with Crippen molar-refractivity contribution in [2.24, 2.45) is 0 Å². The minimum atomic E-state index is -4.33. The van der Waals surface area contributed by atoms with Crippen molar-refractivity contribution < 1.29 is 32.9 Å². The molecule has 3 unspecified atom stereocenters. The molecule has 0 saturated heterocycles. The predicted octanol–water partition coefficient (Wildman–Crippen LogP) is 11.2. The number of aliphatic hydroxyl groups excluding tert-OH is 1. The molecule has 0 aromatic carbocycles. The first-order chi connectivity index (χ1) is 24.0. The number of hydrogen-bond acceptors (Lipinski definition) is 5. The maximum absolute atomic E-state index is 12.8. The number of rotatable bonds is 38. The molecule has 0 spiro atoms. The Labute approximate surface area is 310 Å². The Hall–Kier alpha value is -0.760.